The molecule has 1 aliphatic carbocycles. The molecule has 0 saturated heterocycles. The van der Waals surface area contributed by atoms with E-state index in [1.807, 2.05) is 0 Å². The first-order valence-electron chi connectivity index (χ1n) is 9.22. The van der Waals surface area contributed by atoms with E-state index in [1.54, 1.807) is 0 Å². The Morgan fingerprint density at radius 2 is 1.92 bits per heavy atom. The number of hydrogen-bond acceptors (Lipinski definition) is 3. The Labute approximate surface area is 145 Å². The van der Waals surface area contributed by atoms with Gasteiger partial charge in [0.15, 0.2) is 5.82 Å². The summed E-state index contributed by atoms with van der Waals surface area (Å²) in [6.45, 7) is 11.1. The lowest BCUT2D eigenvalue weighted by Crippen LogP contribution is -2.56. The third-order valence-electron chi connectivity index (χ3n) is 6.13. The number of rotatable bonds is 6. The van der Waals surface area contributed by atoms with Crippen molar-refractivity contribution in [3.05, 3.63) is 23.4 Å². The molecular weight excluding hydrogens is 298 g/mol. The summed E-state index contributed by atoms with van der Waals surface area (Å²) in [6, 6.07) is 5.51. The van der Waals surface area contributed by atoms with Crippen molar-refractivity contribution in [3.8, 4) is 0 Å². The minimum atomic E-state index is 0.591. The summed E-state index contributed by atoms with van der Waals surface area (Å²) in [5.41, 5.74) is 10.9. The highest BCUT2D eigenvalue weighted by Gasteiger charge is 2.29. The second kappa shape index (κ2) is 6.28. The number of fused-ring (bicyclic) bond motifs is 3. The van der Waals surface area contributed by atoms with E-state index in [4.69, 9.17) is 10.8 Å². The maximum absolute atomic E-state index is 6.35. The van der Waals surface area contributed by atoms with Gasteiger partial charge in [-0.1, -0.05) is 6.07 Å². The zero-order valence-electron chi connectivity index (χ0n) is 15.8. The number of quaternary nitrogens is 1. The number of pyridine rings is 1. The third-order valence-corrected chi connectivity index (χ3v) is 6.13. The van der Waals surface area contributed by atoms with Crippen LogP contribution >= 0.6 is 0 Å². The molecule has 2 aromatic heterocycles. The standard InChI is InChI=1S/C19H32N5/c1-13(2)24(5,14(3)4)12-11-21-19-18(20)17-10-9-15-7-6-8-16(15)23(17)22-19/h9-10,13-14H,6-8,11-12,20H2,1-5H3,(H,21,22)/q+1. The lowest BCUT2D eigenvalue weighted by atomic mass is 10.1. The third kappa shape index (κ3) is 2.75. The van der Waals surface area contributed by atoms with Crippen molar-refractivity contribution in [1.29, 1.82) is 0 Å². The second-order valence-corrected chi connectivity index (χ2v) is 7.90. The molecule has 132 valence electrons. The fourth-order valence-electron chi connectivity index (χ4n) is 3.82. The number of nitrogens with two attached hydrogens (primary N) is 1. The highest BCUT2D eigenvalue weighted by Crippen LogP contribution is 2.29. The lowest BCUT2D eigenvalue weighted by Gasteiger charge is -2.42. The van der Waals surface area contributed by atoms with Crippen molar-refractivity contribution < 1.29 is 4.48 Å². The number of aryl methyl sites for hydroxylation is 2. The Hall–Kier alpha value is -1.75. The molecule has 0 spiro atoms. The monoisotopic (exact) mass is 330 g/mol. The molecule has 0 unspecified atom stereocenters. The summed E-state index contributed by atoms with van der Waals surface area (Å²) in [5, 5.41) is 8.25. The van der Waals surface area contributed by atoms with Gasteiger partial charge in [0.05, 0.1) is 37.7 Å². The Kier molecular flexibility index (Phi) is 4.47. The number of nitrogens with zero attached hydrogens (tertiary/aromatic N) is 3. The largest absolute Gasteiger partial charge is 0.394 e. The molecule has 0 atom stereocenters. The Morgan fingerprint density at radius 3 is 2.58 bits per heavy atom. The highest BCUT2D eigenvalue weighted by molar-refractivity contribution is 5.81. The van der Waals surface area contributed by atoms with Crippen molar-refractivity contribution in [1.82, 2.24) is 9.61 Å². The van der Waals surface area contributed by atoms with Gasteiger partial charge in [-0.15, -0.1) is 5.10 Å². The number of hydrogen-bond donors (Lipinski definition) is 2. The molecule has 5 heteroatoms. The van der Waals surface area contributed by atoms with Crippen molar-refractivity contribution in [3.63, 3.8) is 0 Å². The van der Waals surface area contributed by atoms with Crippen LogP contribution in [0.4, 0.5) is 11.5 Å². The molecule has 2 aromatic rings. The number of nitrogen functional groups attached to an aromatic ring is 1. The predicted molar refractivity (Wildman–Crippen MR) is 101 cm³/mol. The van der Waals surface area contributed by atoms with E-state index in [0.29, 0.717) is 12.1 Å². The molecule has 0 saturated carbocycles. The average Bonchev–Trinajstić information content (AvgIpc) is 3.12. The molecule has 3 rings (SSSR count). The minimum absolute atomic E-state index is 0.591. The molecule has 3 N–H and O–H groups in total. The van der Waals surface area contributed by atoms with Gasteiger partial charge in [0.1, 0.15) is 5.69 Å². The van der Waals surface area contributed by atoms with E-state index < -0.39 is 0 Å². The lowest BCUT2D eigenvalue weighted by molar-refractivity contribution is -0.947. The van der Waals surface area contributed by atoms with Crippen LogP contribution in [0.3, 0.4) is 0 Å². The van der Waals surface area contributed by atoms with E-state index in [-0.39, 0.29) is 0 Å². The Bertz CT molecular complexity index is 721. The molecule has 0 amide bonds. The summed E-state index contributed by atoms with van der Waals surface area (Å²) in [5.74, 6) is 0.828. The maximum atomic E-state index is 6.35. The van der Waals surface area contributed by atoms with Gasteiger partial charge >= 0.3 is 0 Å². The fourth-order valence-corrected chi connectivity index (χ4v) is 3.82. The van der Waals surface area contributed by atoms with E-state index in [9.17, 15) is 0 Å². The summed E-state index contributed by atoms with van der Waals surface area (Å²) >= 11 is 0. The van der Waals surface area contributed by atoms with E-state index in [1.165, 1.54) is 17.7 Å². The van der Waals surface area contributed by atoms with Crippen LogP contribution in [-0.2, 0) is 12.8 Å². The molecular formula is C19H32N5+. The first kappa shape index (κ1) is 17.1. The quantitative estimate of drug-likeness (QED) is 0.800. The van der Waals surface area contributed by atoms with Crippen LogP contribution in [0.15, 0.2) is 12.1 Å². The molecule has 5 nitrogen and oxygen atoms in total. The Morgan fingerprint density at radius 1 is 1.21 bits per heavy atom. The topological polar surface area (TPSA) is 55.4 Å². The molecule has 0 fully saturated rings. The van der Waals surface area contributed by atoms with E-state index in [0.717, 1.165) is 47.4 Å². The van der Waals surface area contributed by atoms with Crippen molar-refractivity contribution in [2.45, 2.75) is 59.0 Å². The van der Waals surface area contributed by atoms with Crippen LogP contribution in [0.25, 0.3) is 5.52 Å². The number of likely N-dealkylation sites (N-methyl/N-ethyl adjacent to an activating group) is 1. The van der Waals surface area contributed by atoms with Gasteiger partial charge in [-0.25, -0.2) is 4.52 Å². The Balaban J connectivity index is 1.78. The zero-order valence-corrected chi connectivity index (χ0v) is 15.8. The average molecular weight is 331 g/mol. The van der Waals surface area contributed by atoms with Crippen LogP contribution in [0, 0.1) is 0 Å². The molecule has 2 heterocycles. The van der Waals surface area contributed by atoms with Crippen molar-refractivity contribution >= 4 is 17.0 Å². The summed E-state index contributed by atoms with van der Waals surface area (Å²) in [4.78, 5) is 0. The van der Waals surface area contributed by atoms with Crippen molar-refractivity contribution in [2.24, 2.45) is 0 Å². The highest BCUT2D eigenvalue weighted by atomic mass is 15.4. The maximum Gasteiger partial charge on any atom is 0.172 e. The van der Waals surface area contributed by atoms with Crippen LogP contribution in [0.1, 0.15) is 45.4 Å². The molecule has 0 aliphatic heterocycles. The molecule has 1 aliphatic rings. The number of aromatic nitrogens is 2. The van der Waals surface area contributed by atoms with E-state index in [2.05, 4.69) is 56.7 Å². The first-order valence-corrected chi connectivity index (χ1v) is 9.22. The smallest absolute Gasteiger partial charge is 0.172 e. The summed E-state index contributed by atoms with van der Waals surface area (Å²) in [7, 11) is 2.33. The van der Waals surface area contributed by atoms with Crippen molar-refractivity contribution in [2.75, 3.05) is 31.2 Å². The van der Waals surface area contributed by atoms with Gasteiger partial charge in [-0.2, -0.15) is 0 Å². The van der Waals surface area contributed by atoms with Crippen LogP contribution in [-0.4, -0.2) is 46.3 Å². The van der Waals surface area contributed by atoms with Gasteiger partial charge in [0, 0.05) is 5.69 Å². The van der Waals surface area contributed by atoms with Gasteiger partial charge in [0.25, 0.3) is 0 Å². The molecule has 0 bridgehead atoms. The van der Waals surface area contributed by atoms with Gasteiger partial charge < -0.3 is 15.5 Å². The number of anilines is 2. The SMILES string of the molecule is CC(C)[N+](C)(CCNc1nn2c3c(ccc2c1N)CCC3)C(C)C. The first-order chi connectivity index (χ1) is 11.3. The van der Waals surface area contributed by atoms with Crippen LogP contribution < -0.4 is 11.1 Å². The van der Waals surface area contributed by atoms with Crippen LogP contribution in [0.2, 0.25) is 0 Å². The minimum Gasteiger partial charge on any atom is -0.394 e. The van der Waals surface area contributed by atoms with Gasteiger partial charge in [-0.3, -0.25) is 0 Å². The zero-order chi connectivity index (χ0) is 17.5. The van der Waals surface area contributed by atoms with Crippen LogP contribution in [0.5, 0.6) is 0 Å². The second-order valence-electron chi connectivity index (χ2n) is 7.90. The normalized spacial score (nSPS) is 14.8. The van der Waals surface area contributed by atoms with E-state index >= 15 is 0 Å². The van der Waals surface area contributed by atoms with Gasteiger partial charge in [0.2, 0.25) is 0 Å². The predicted octanol–water partition coefficient (Wildman–Crippen LogP) is 3.08. The number of nitrogens with one attached hydrogen (secondary N) is 1. The fraction of sp³-hybridized carbons (Fsp3) is 0.632. The molecule has 24 heavy (non-hydrogen) atoms. The summed E-state index contributed by atoms with van der Waals surface area (Å²) < 4.78 is 3.09. The molecule has 0 aromatic carbocycles. The van der Waals surface area contributed by atoms with Gasteiger partial charge in [-0.05, 0) is 58.6 Å². The molecule has 0 radical (unpaired) electrons. The summed E-state index contributed by atoms with van der Waals surface area (Å²) in [6.07, 6.45) is 3.48.